The Morgan fingerprint density at radius 1 is 1.56 bits per heavy atom. The van der Waals surface area contributed by atoms with Crippen LogP contribution in [0.5, 0.6) is 0 Å². The van der Waals surface area contributed by atoms with E-state index in [4.69, 9.17) is 5.26 Å². The molecular weight excluding hydrogens is 212 g/mol. The molecule has 0 atom stereocenters. The quantitative estimate of drug-likeness (QED) is 0.331. The summed E-state index contributed by atoms with van der Waals surface area (Å²) in [6.07, 6.45) is 0.343. The van der Waals surface area contributed by atoms with Crippen molar-refractivity contribution < 1.29 is 14.5 Å². The van der Waals surface area contributed by atoms with Crippen molar-refractivity contribution in [2.24, 2.45) is 0 Å². The molecular formula is C10H6N2O4. The fraction of sp³-hybridized carbons (Fsp3) is 0.100. The molecule has 0 amide bonds. The van der Waals surface area contributed by atoms with Gasteiger partial charge in [0.05, 0.1) is 10.5 Å². The van der Waals surface area contributed by atoms with Crippen molar-refractivity contribution in [1.29, 1.82) is 5.26 Å². The Labute approximate surface area is 90.3 Å². The van der Waals surface area contributed by atoms with E-state index in [1.807, 2.05) is 0 Å². The van der Waals surface area contributed by atoms with Crippen LogP contribution < -0.4 is 0 Å². The highest BCUT2D eigenvalue weighted by atomic mass is 16.6. The molecule has 0 aliphatic rings. The number of hydrogen-bond acceptors (Lipinski definition) is 5. The highest BCUT2D eigenvalue weighted by Gasteiger charge is 2.25. The van der Waals surface area contributed by atoms with Gasteiger partial charge in [-0.2, -0.15) is 5.26 Å². The number of carbonyl (C=O) groups is 2. The van der Waals surface area contributed by atoms with Crippen LogP contribution in [0.25, 0.3) is 0 Å². The van der Waals surface area contributed by atoms with E-state index in [2.05, 4.69) is 0 Å². The van der Waals surface area contributed by atoms with Gasteiger partial charge in [-0.15, -0.1) is 0 Å². The zero-order valence-electron chi connectivity index (χ0n) is 8.26. The summed E-state index contributed by atoms with van der Waals surface area (Å²) < 4.78 is 0. The van der Waals surface area contributed by atoms with Crippen LogP contribution in [0.15, 0.2) is 12.1 Å². The number of carbonyl (C=O) groups excluding carboxylic acids is 2. The van der Waals surface area contributed by atoms with Gasteiger partial charge in [-0.05, 0) is 19.1 Å². The minimum atomic E-state index is -0.831. The normalized spacial score (nSPS) is 9.25. The third kappa shape index (κ3) is 1.79. The molecule has 0 saturated carbocycles. The largest absolute Gasteiger partial charge is 0.298 e. The summed E-state index contributed by atoms with van der Waals surface area (Å²) >= 11 is 0. The van der Waals surface area contributed by atoms with Crippen molar-refractivity contribution in [3.63, 3.8) is 0 Å². The average molecular weight is 218 g/mol. The Bertz CT molecular complexity index is 528. The summed E-state index contributed by atoms with van der Waals surface area (Å²) in [5, 5.41) is 19.5. The summed E-state index contributed by atoms with van der Waals surface area (Å²) in [6, 6.07) is 3.96. The average Bonchev–Trinajstić information content (AvgIpc) is 2.26. The Morgan fingerprint density at radius 2 is 2.19 bits per heavy atom. The number of hydrogen-bond donors (Lipinski definition) is 0. The van der Waals surface area contributed by atoms with Gasteiger partial charge < -0.3 is 0 Å². The zero-order chi connectivity index (χ0) is 12.3. The van der Waals surface area contributed by atoms with E-state index in [-0.39, 0.29) is 16.7 Å². The molecule has 6 heteroatoms. The van der Waals surface area contributed by atoms with Crippen LogP contribution in [0.4, 0.5) is 5.69 Å². The molecule has 0 fully saturated rings. The van der Waals surface area contributed by atoms with Crippen molar-refractivity contribution in [2.45, 2.75) is 6.92 Å². The lowest BCUT2D eigenvalue weighted by Gasteiger charge is -2.02. The molecule has 0 spiro atoms. The van der Waals surface area contributed by atoms with Gasteiger partial charge in [-0.25, -0.2) is 0 Å². The van der Waals surface area contributed by atoms with Gasteiger partial charge in [-0.1, -0.05) is 0 Å². The number of ketones is 1. The van der Waals surface area contributed by atoms with Crippen LogP contribution in [0, 0.1) is 21.4 Å². The van der Waals surface area contributed by atoms with Crippen LogP contribution in [-0.2, 0) is 0 Å². The van der Waals surface area contributed by atoms with Gasteiger partial charge >= 0.3 is 0 Å². The summed E-state index contributed by atoms with van der Waals surface area (Å²) in [5.74, 6) is -0.527. The Balaban J connectivity index is 3.72. The van der Waals surface area contributed by atoms with Gasteiger partial charge in [0.15, 0.2) is 12.1 Å². The van der Waals surface area contributed by atoms with Crippen molar-refractivity contribution in [3.05, 3.63) is 38.9 Å². The van der Waals surface area contributed by atoms with E-state index < -0.39 is 16.4 Å². The molecule has 80 valence electrons. The number of nitro groups is 1. The van der Waals surface area contributed by atoms with Gasteiger partial charge in [-0.3, -0.25) is 19.7 Å². The zero-order valence-corrected chi connectivity index (χ0v) is 8.26. The van der Waals surface area contributed by atoms with Crippen molar-refractivity contribution >= 4 is 17.8 Å². The van der Waals surface area contributed by atoms with E-state index in [0.717, 1.165) is 6.92 Å². The number of nitriles is 1. The molecule has 6 nitrogen and oxygen atoms in total. The van der Waals surface area contributed by atoms with E-state index in [0.29, 0.717) is 6.29 Å². The van der Waals surface area contributed by atoms with Crippen molar-refractivity contribution in [3.8, 4) is 6.07 Å². The topological polar surface area (TPSA) is 101 Å². The molecule has 0 bridgehead atoms. The molecule has 1 aromatic carbocycles. The second-order valence-corrected chi connectivity index (χ2v) is 2.97. The monoisotopic (exact) mass is 218 g/mol. The van der Waals surface area contributed by atoms with E-state index >= 15 is 0 Å². The molecule has 0 unspecified atom stereocenters. The maximum absolute atomic E-state index is 11.1. The lowest BCUT2D eigenvalue weighted by atomic mass is 10.0. The molecule has 0 aromatic heterocycles. The molecule has 0 radical (unpaired) electrons. The maximum Gasteiger partial charge on any atom is 0.298 e. The number of nitrogens with zero attached hydrogens (tertiary/aromatic N) is 2. The second kappa shape index (κ2) is 4.31. The van der Waals surface area contributed by atoms with Crippen LogP contribution in [0.3, 0.4) is 0 Å². The highest BCUT2D eigenvalue weighted by Crippen LogP contribution is 2.26. The SMILES string of the molecule is CC(=O)c1ccc(C=O)c(C#N)c1[N+](=O)[O-]. The minimum absolute atomic E-state index is 0.0980. The first-order chi connectivity index (χ1) is 7.52. The minimum Gasteiger partial charge on any atom is -0.298 e. The summed E-state index contributed by atoms with van der Waals surface area (Å²) in [6.45, 7) is 1.16. The molecule has 16 heavy (non-hydrogen) atoms. The first-order valence-electron chi connectivity index (χ1n) is 4.20. The van der Waals surface area contributed by atoms with Gasteiger partial charge in [0.2, 0.25) is 0 Å². The third-order valence-corrected chi connectivity index (χ3v) is 2.01. The fourth-order valence-corrected chi connectivity index (χ4v) is 1.30. The number of benzene rings is 1. The maximum atomic E-state index is 11.1. The molecule has 0 saturated heterocycles. The van der Waals surface area contributed by atoms with Crippen LogP contribution in [-0.4, -0.2) is 17.0 Å². The van der Waals surface area contributed by atoms with Gasteiger partial charge in [0.1, 0.15) is 11.6 Å². The third-order valence-electron chi connectivity index (χ3n) is 2.01. The number of aldehydes is 1. The number of Topliss-reactive ketones (excluding diaryl/α,β-unsaturated/α-hetero) is 1. The van der Waals surface area contributed by atoms with E-state index in [1.54, 1.807) is 6.07 Å². The molecule has 1 aromatic rings. The number of nitro benzene ring substituents is 1. The summed E-state index contributed by atoms with van der Waals surface area (Å²) in [5.41, 5.74) is -1.27. The van der Waals surface area contributed by atoms with Gasteiger partial charge in [0.25, 0.3) is 5.69 Å². The van der Waals surface area contributed by atoms with Crippen molar-refractivity contribution in [2.75, 3.05) is 0 Å². The fourth-order valence-electron chi connectivity index (χ4n) is 1.30. The molecule has 0 aliphatic heterocycles. The first-order valence-corrected chi connectivity index (χ1v) is 4.20. The predicted octanol–water partition coefficient (Wildman–Crippen LogP) is 1.48. The molecule has 1 rings (SSSR count). The Morgan fingerprint density at radius 3 is 2.56 bits per heavy atom. The van der Waals surface area contributed by atoms with Crippen LogP contribution >= 0.6 is 0 Å². The van der Waals surface area contributed by atoms with E-state index in [1.165, 1.54) is 12.1 Å². The molecule has 0 heterocycles. The lowest BCUT2D eigenvalue weighted by Crippen LogP contribution is -2.05. The first kappa shape index (κ1) is 11.5. The molecule has 0 aliphatic carbocycles. The highest BCUT2D eigenvalue weighted by molar-refractivity contribution is 6.00. The van der Waals surface area contributed by atoms with Crippen LogP contribution in [0.2, 0.25) is 0 Å². The van der Waals surface area contributed by atoms with Crippen LogP contribution in [0.1, 0.15) is 33.2 Å². The Hall–Kier alpha value is -2.55. The standard InChI is InChI=1S/C10H6N2O4/c1-6(14)8-3-2-7(5-13)9(4-11)10(8)12(15)16/h2-3,5H,1H3. The summed E-state index contributed by atoms with van der Waals surface area (Å²) in [4.78, 5) is 31.6. The smallest absolute Gasteiger partial charge is 0.298 e. The number of rotatable bonds is 3. The molecule has 0 N–H and O–H groups in total. The van der Waals surface area contributed by atoms with E-state index in [9.17, 15) is 19.7 Å². The Kier molecular flexibility index (Phi) is 3.11. The predicted molar refractivity (Wildman–Crippen MR) is 53.2 cm³/mol. The summed E-state index contributed by atoms with van der Waals surface area (Å²) in [7, 11) is 0. The van der Waals surface area contributed by atoms with Gasteiger partial charge in [0, 0.05) is 5.56 Å². The second-order valence-electron chi connectivity index (χ2n) is 2.97. The van der Waals surface area contributed by atoms with Crippen molar-refractivity contribution in [1.82, 2.24) is 0 Å². The lowest BCUT2D eigenvalue weighted by molar-refractivity contribution is -0.385.